The molecule has 3 rings (SSSR count). The van der Waals surface area contributed by atoms with Gasteiger partial charge in [0.1, 0.15) is 0 Å². The number of piperidine rings is 1. The highest BCUT2D eigenvalue weighted by Crippen LogP contribution is 2.42. The van der Waals surface area contributed by atoms with E-state index in [0.717, 1.165) is 29.8 Å². The molecule has 2 fully saturated rings. The first-order valence-corrected chi connectivity index (χ1v) is 6.99. The Bertz CT molecular complexity index is 541. The molecule has 0 aromatic heterocycles. The van der Waals surface area contributed by atoms with Crippen LogP contribution in [0.2, 0.25) is 5.02 Å². The first-order chi connectivity index (χ1) is 9.15. The van der Waals surface area contributed by atoms with Gasteiger partial charge in [-0.15, -0.1) is 0 Å². The molecule has 1 aliphatic heterocycles. The number of carboxylic acid groups (broad SMARTS) is 1. The zero-order valence-electron chi connectivity index (χ0n) is 10.6. The molecule has 1 aliphatic carbocycles. The fourth-order valence-electron chi connectivity index (χ4n) is 3.32. The minimum Gasteiger partial charge on any atom is -0.478 e. The quantitative estimate of drug-likeness (QED) is 0.861. The number of fused-ring (bicyclic) bond motifs is 2. The molecule has 3 nitrogen and oxygen atoms in total. The predicted octanol–water partition coefficient (Wildman–Crippen LogP) is 3.43. The van der Waals surface area contributed by atoms with Crippen molar-refractivity contribution in [1.29, 1.82) is 0 Å². The van der Waals surface area contributed by atoms with Crippen molar-refractivity contribution in [3.8, 4) is 0 Å². The molecule has 2 atom stereocenters. The largest absolute Gasteiger partial charge is 0.478 e. The highest BCUT2D eigenvalue weighted by molar-refractivity contribution is 6.32. The zero-order chi connectivity index (χ0) is 13.4. The van der Waals surface area contributed by atoms with Crippen molar-refractivity contribution in [2.45, 2.75) is 25.3 Å². The lowest BCUT2D eigenvalue weighted by Gasteiger charge is -2.30. The van der Waals surface area contributed by atoms with E-state index in [2.05, 4.69) is 4.90 Å². The second-order valence-corrected chi connectivity index (χ2v) is 5.74. The van der Waals surface area contributed by atoms with Gasteiger partial charge in [0.25, 0.3) is 0 Å². The molecule has 1 N–H and O–H groups in total. The van der Waals surface area contributed by atoms with Crippen LogP contribution in [0.3, 0.4) is 0 Å². The van der Waals surface area contributed by atoms with E-state index in [1.54, 1.807) is 12.1 Å². The molecule has 19 heavy (non-hydrogen) atoms. The summed E-state index contributed by atoms with van der Waals surface area (Å²) >= 11 is 6.22. The maximum atomic E-state index is 10.7. The van der Waals surface area contributed by atoms with Gasteiger partial charge in [-0.25, -0.2) is 4.79 Å². The SMILES string of the molecule is O=C(O)/C=C/c1c(Cl)cccc1N1CC2CCC1C2. The number of carboxylic acids is 1. The van der Waals surface area contributed by atoms with E-state index in [1.807, 2.05) is 12.1 Å². The number of benzene rings is 1. The van der Waals surface area contributed by atoms with Crippen LogP contribution in [0.25, 0.3) is 6.08 Å². The number of aliphatic carboxylic acids is 1. The summed E-state index contributed by atoms with van der Waals surface area (Å²) in [6, 6.07) is 6.37. The number of hydrogen-bond acceptors (Lipinski definition) is 2. The molecule has 0 radical (unpaired) electrons. The molecule has 4 heteroatoms. The Morgan fingerprint density at radius 3 is 2.89 bits per heavy atom. The predicted molar refractivity (Wildman–Crippen MR) is 76.6 cm³/mol. The summed E-state index contributed by atoms with van der Waals surface area (Å²) in [5.74, 6) is -0.158. The first-order valence-electron chi connectivity index (χ1n) is 6.61. The maximum absolute atomic E-state index is 10.7. The highest BCUT2D eigenvalue weighted by atomic mass is 35.5. The van der Waals surface area contributed by atoms with E-state index in [4.69, 9.17) is 16.7 Å². The first kappa shape index (κ1) is 12.5. The second kappa shape index (κ2) is 4.89. The lowest BCUT2D eigenvalue weighted by atomic mass is 10.1. The lowest BCUT2D eigenvalue weighted by Crippen LogP contribution is -2.32. The molecule has 2 aliphatic rings. The van der Waals surface area contributed by atoms with Crippen LogP contribution in [0.15, 0.2) is 24.3 Å². The van der Waals surface area contributed by atoms with Gasteiger partial charge in [-0.05, 0) is 43.4 Å². The number of carbonyl (C=O) groups is 1. The molecule has 2 unspecified atom stereocenters. The Morgan fingerprint density at radius 1 is 1.42 bits per heavy atom. The van der Waals surface area contributed by atoms with Crippen molar-refractivity contribution < 1.29 is 9.90 Å². The van der Waals surface area contributed by atoms with Crippen molar-refractivity contribution in [3.05, 3.63) is 34.9 Å². The molecule has 0 amide bonds. The van der Waals surface area contributed by atoms with Crippen molar-refractivity contribution in [1.82, 2.24) is 0 Å². The minimum atomic E-state index is -0.950. The molecule has 1 aromatic carbocycles. The lowest BCUT2D eigenvalue weighted by molar-refractivity contribution is -0.131. The Labute approximate surface area is 117 Å². The number of halogens is 1. The molecule has 0 spiro atoms. The van der Waals surface area contributed by atoms with Crippen molar-refractivity contribution >= 4 is 29.3 Å². The fourth-order valence-corrected chi connectivity index (χ4v) is 3.55. The molecule has 1 heterocycles. The van der Waals surface area contributed by atoms with Crippen LogP contribution in [0.4, 0.5) is 5.69 Å². The van der Waals surface area contributed by atoms with Crippen LogP contribution < -0.4 is 4.90 Å². The summed E-state index contributed by atoms with van der Waals surface area (Å²) in [4.78, 5) is 13.1. The van der Waals surface area contributed by atoms with Crippen molar-refractivity contribution in [2.24, 2.45) is 5.92 Å². The van der Waals surface area contributed by atoms with Gasteiger partial charge in [-0.2, -0.15) is 0 Å². The van der Waals surface area contributed by atoms with E-state index in [0.29, 0.717) is 11.1 Å². The highest BCUT2D eigenvalue weighted by Gasteiger charge is 2.38. The molecule has 100 valence electrons. The van der Waals surface area contributed by atoms with Gasteiger partial charge in [-0.1, -0.05) is 17.7 Å². The van der Waals surface area contributed by atoms with Crippen LogP contribution in [0.1, 0.15) is 24.8 Å². The van der Waals surface area contributed by atoms with E-state index < -0.39 is 5.97 Å². The van der Waals surface area contributed by atoms with Gasteiger partial charge in [0.15, 0.2) is 0 Å². The van der Waals surface area contributed by atoms with Gasteiger partial charge in [0.2, 0.25) is 0 Å². The smallest absolute Gasteiger partial charge is 0.328 e. The van der Waals surface area contributed by atoms with Gasteiger partial charge in [0, 0.05) is 34.9 Å². The number of hydrogen-bond donors (Lipinski definition) is 1. The van der Waals surface area contributed by atoms with Crippen LogP contribution in [-0.2, 0) is 4.79 Å². The average Bonchev–Trinajstić information content (AvgIpc) is 2.99. The number of anilines is 1. The van der Waals surface area contributed by atoms with Crippen LogP contribution in [0, 0.1) is 5.92 Å². The van der Waals surface area contributed by atoms with Crippen molar-refractivity contribution in [2.75, 3.05) is 11.4 Å². The molecule has 1 saturated heterocycles. The third kappa shape index (κ3) is 2.35. The molecular formula is C15H16ClNO2. The van der Waals surface area contributed by atoms with Crippen LogP contribution >= 0.6 is 11.6 Å². The summed E-state index contributed by atoms with van der Waals surface area (Å²) in [6.07, 6.45) is 6.57. The summed E-state index contributed by atoms with van der Waals surface area (Å²) in [5, 5.41) is 9.39. The average molecular weight is 278 g/mol. The Kier molecular flexibility index (Phi) is 3.23. The van der Waals surface area contributed by atoms with Gasteiger partial charge in [-0.3, -0.25) is 0 Å². The minimum absolute atomic E-state index is 0.598. The number of nitrogens with zero attached hydrogens (tertiary/aromatic N) is 1. The maximum Gasteiger partial charge on any atom is 0.328 e. The molecule has 1 aromatic rings. The molecule has 1 saturated carbocycles. The third-order valence-corrected chi connectivity index (χ3v) is 4.47. The fraction of sp³-hybridized carbons (Fsp3) is 0.400. The topological polar surface area (TPSA) is 40.5 Å². The number of rotatable bonds is 3. The second-order valence-electron chi connectivity index (χ2n) is 5.33. The van der Waals surface area contributed by atoms with E-state index in [-0.39, 0.29) is 0 Å². The van der Waals surface area contributed by atoms with Crippen LogP contribution in [0.5, 0.6) is 0 Å². The zero-order valence-corrected chi connectivity index (χ0v) is 11.3. The standard InChI is InChI=1S/C15H16ClNO2/c16-13-2-1-3-14(12(13)6-7-15(18)19)17-9-10-4-5-11(17)8-10/h1-3,6-7,10-11H,4-5,8-9H2,(H,18,19)/b7-6+. The third-order valence-electron chi connectivity index (χ3n) is 4.14. The molecular weight excluding hydrogens is 262 g/mol. The van der Waals surface area contributed by atoms with Gasteiger partial charge >= 0.3 is 5.97 Å². The monoisotopic (exact) mass is 277 g/mol. The summed E-state index contributed by atoms with van der Waals surface area (Å²) < 4.78 is 0. The Balaban J connectivity index is 1.97. The molecule has 2 bridgehead atoms. The summed E-state index contributed by atoms with van der Waals surface area (Å²) in [5.41, 5.74) is 1.89. The van der Waals surface area contributed by atoms with Gasteiger partial charge < -0.3 is 10.0 Å². The normalized spacial score (nSPS) is 25.4. The van der Waals surface area contributed by atoms with E-state index >= 15 is 0 Å². The summed E-state index contributed by atoms with van der Waals surface area (Å²) in [7, 11) is 0. The Hall–Kier alpha value is -1.48. The summed E-state index contributed by atoms with van der Waals surface area (Å²) in [6.45, 7) is 1.07. The van der Waals surface area contributed by atoms with E-state index in [9.17, 15) is 4.79 Å². The van der Waals surface area contributed by atoms with Crippen LogP contribution in [-0.4, -0.2) is 23.7 Å². The Morgan fingerprint density at radius 2 is 2.26 bits per heavy atom. The van der Waals surface area contributed by atoms with E-state index in [1.165, 1.54) is 19.3 Å². The van der Waals surface area contributed by atoms with Crippen molar-refractivity contribution in [3.63, 3.8) is 0 Å². The van der Waals surface area contributed by atoms with Gasteiger partial charge in [0.05, 0.1) is 0 Å².